The highest BCUT2D eigenvalue weighted by Gasteiger charge is 2.25. The third-order valence-electron chi connectivity index (χ3n) is 2.61. The summed E-state index contributed by atoms with van der Waals surface area (Å²) in [6, 6.07) is 0.375. The standard InChI is InChI=1S/C11H18N4O2/c12-3-7-17-8-5-14-10-11(16)15(6-4-13-10)9-1-2-9/h4,6,9H,1-3,5,7-8,12H2,(H,13,14). The molecule has 1 aliphatic carbocycles. The van der Waals surface area contributed by atoms with E-state index >= 15 is 0 Å². The van der Waals surface area contributed by atoms with Crippen LogP contribution in [0, 0.1) is 0 Å². The lowest BCUT2D eigenvalue weighted by Crippen LogP contribution is -2.25. The number of nitrogens with zero attached hydrogens (tertiary/aromatic N) is 2. The molecule has 1 aromatic heterocycles. The van der Waals surface area contributed by atoms with E-state index in [2.05, 4.69) is 10.3 Å². The third-order valence-corrected chi connectivity index (χ3v) is 2.61. The number of ether oxygens (including phenoxy) is 1. The minimum atomic E-state index is -0.0474. The van der Waals surface area contributed by atoms with Gasteiger partial charge in [-0.3, -0.25) is 4.79 Å². The number of nitrogens with one attached hydrogen (secondary N) is 1. The lowest BCUT2D eigenvalue weighted by atomic mass is 10.5. The van der Waals surface area contributed by atoms with Crippen LogP contribution < -0.4 is 16.6 Å². The highest BCUT2D eigenvalue weighted by molar-refractivity contribution is 5.31. The zero-order valence-electron chi connectivity index (χ0n) is 9.76. The van der Waals surface area contributed by atoms with Crippen molar-refractivity contribution >= 4 is 5.82 Å². The van der Waals surface area contributed by atoms with Crippen molar-refractivity contribution in [2.24, 2.45) is 5.73 Å². The normalized spacial score (nSPS) is 14.9. The van der Waals surface area contributed by atoms with Crippen molar-refractivity contribution in [2.45, 2.75) is 18.9 Å². The van der Waals surface area contributed by atoms with Crippen LogP contribution in [0.1, 0.15) is 18.9 Å². The minimum Gasteiger partial charge on any atom is -0.378 e. The second kappa shape index (κ2) is 5.79. The molecule has 2 rings (SSSR count). The molecule has 0 aromatic carbocycles. The van der Waals surface area contributed by atoms with Crippen molar-refractivity contribution in [2.75, 3.05) is 31.6 Å². The maximum Gasteiger partial charge on any atom is 0.293 e. The summed E-state index contributed by atoms with van der Waals surface area (Å²) in [7, 11) is 0. The van der Waals surface area contributed by atoms with Gasteiger partial charge in [-0.05, 0) is 12.8 Å². The summed E-state index contributed by atoms with van der Waals surface area (Å²) in [5.41, 5.74) is 5.25. The molecule has 1 fully saturated rings. The summed E-state index contributed by atoms with van der Waals surface area (Å²) in [5, 5.41) is 2.98. The van der Waals surface area contributed by atoms with E-state index in [0.717, 1.165) is 12.8 Å². The van der Waals surface area contributed by atoms with Crippen LogP contribution in [-0.4, -0.2) is 35.9 Å². The van der Waals surface area contributed by atoms with Crippen LogP contribution in [0.4, 0.5) is 5.82 Å². The highest BCUT2D eigenvalue weighted by atomic mass is 16.5. The van der Waals surface area contributed by atoms with E-state index < -0.39 is 0 Å². The van der Waals surface area contributed by atoms with Gasteiger partial charge in [0, 0.05) is 31.5 Å². The largest absolute Gasteiger partial charge is 0.378 e. The zero-order chi connectivity index (χ0) is 12.1. The number of rotatable bonds is 7. The van der Waals surface area contributed by atoms with Crippen LogP contribution in [0.2, 0.25) is 0 Å². The zero-order valence-corrected chi connectivity index (χ0v) is 9.76. The van der Waals surface area contributed by atoms with Gasteiger partial charge in [-0.2, -0.15) is 0 Å². The van der Waals surface area contributed by atoms with Gasteiger partial charge in [0.15, 0.2) is 5.82 Å². The number of hydrogen-bond acceptors (Lipinski definition) is 5. The predicted octanol–water partition coefficient (Wildman–Crippen LogP) is -0.0346. The Morgan fingerprint density at radius 2 is 2.35 bits per heavy atom. The molecule has 1 saturated carbocycles. The van der Waals surface area contributed by atoms with Crippen molar-refractivity contribution in [3.8, 4) is 0 Å². The van der Waals surface area contributed by atoms with Gasteiger partial charge in [0.2, 0.25) is 0 Å². The fraction of sp³-hybridized carbons (Fsp3) is 0.636. The monoisotopic (exact) mass is 238 g/mol. The number of hydrogen-bond donors (Lipinski definition) is 2. The lowest BCUT2D eigenvalue weighted by molar-refractivity contribution is 0.151. The first-order chi connectivity index (χ1) is 8.33. The Bertz CT molecular complexity index is 414. The first kappa shape index (κ1) is 12.1. The summed E-state index contributed by atoms with van der Waals surface area (Å²) in [6.45, 7) is 2.14. The van der Waals surface area contributed by atoms with Gasteiger partial charge in [-0.25, -0.2) is 4.98 Å². The predicted molar refractivity (Wildman–Crippen MR) is 65.1 cm³/mol. The van der Waals surface area contributed by atoms with E-state index in [1.54, 1.807) is 17.0 Å². The number of anilines is 1. The average Bonchev–Trinajstić information content (AvgIpc) is 3.15. The summed E-state index contributed by atoms with van der Waals surface area (Å²) >= 11 is 0. The van der Waals surface area contributed by atoms with Crippen molar-refractivity contribution in [3.05, 3.63) is 22.7 Å². The molecule has 1 heterocycles. The fourth-order valence-corrected chi connectivity index (χ4v) is 1.61. The molecule has 0 saturated heterocycles. The van der Waals surface area contributed by atoms with Crippen molar-refractivity contribution < 1.29 is 4.74 Å². The second-order valence-corrected chi connectivity index (χ2v) is 4.05. The Hall–Kier alpha value is -1.40. The smallest absolute Gasteiger partial charge is 0.293 e. The molecule has 0 bridgehead atoms. The van der Waals surface area contributed by atoms with Crippen LogP contribution in [0.15, 0.2) is 17.2 Å². The van der Waals surface area contributed by atoms with Gasteiger partial charge in [-0.15, -0.1) is 0 Å². The van der Waals surface area contributed by atoms with Crippen molar-refractivity contribution in [1.29, 1.82) is 0 Å². The molecule has 6 nitrogen and oxygen atoms in total. The number of nitrogens with two attached hydrogens (primary N) is 1. The molecule has 1 aliphatic rings. The maximum atomic E-state index is 11.9. The van der Waals surface area contributed by atoms with E-state index in [0.29, 0.717) is 38.2 Å². The Morgan fingerprint density at radius 1 is 1.53 bits per heavy atom. The number of aromatic nitrogens is 2. The molecule has 0 amide bonds. The molecule has 94 valence electrons. The van der Waals surface area contributed by atoms with E-state index in [4.69, 9.17) is 10.5 Å². The van der Waals surface area contributed by atoms with Crippen LogP contribution in [0.3, 0.4) is 0 Å². The van der Waals surface area contributed by atoms with Crippen molar-refractivity contribution in [3.63, 3.8) is 0 Å². The van der Waals surface area contributed by atoms with E-state index in [-0.39, 0.29) is 5.56 Å². The first-order valence-electron chi connectivity index (χ1n) is 5.91. The summed E-state index contributed by atoms with van der Waals surface area (Å²) in [4.78, 5) is 16.0. The molecule has 0 unspecified atom stereocenters. The van der Waals surface area contributed by atoms with Crippen LogP contribution >= 0.6 is 0 Å². The molecule has 3 N–H and O–H groups in total. The summed E-state index contributed by atoms with van der Waals surface area (Å²) < 4.78 is 6.96. The molecule has 0 spiro atoms. The molecule has 0 radical (unpaired) electrons. The molecule has 1 aromatic rings. The summed E-state index contributed by atoms with van der Waals surface area (Å²) in [5.74, 6) is 0.399. The SMILES string of the molecule is NCCOCCNc1nccn(C2CC2)c1=O. The molecule has 6 heteroatoms. The van der Waals surface area contributed by atoms with Crippen molar-refractivity contribution in [1.82, 2.24) is 9.55 Å². The Morgan fingerprint density at radius 3 is 3.06 bits per heavy atom. The first-order valence-corrected chi connectivity index (χ1v) is 5.91. The molecular weight excluding hydrogens is 220 g/mol. The van der Waals surface area contributed by atoms with Crippen LogP contribution in [-0.2, 0) is 4.74 Å². The van der Waals surface area contributed by atoms with E-state index in [1.165, 1.54) is 0 Å². The van der Waals surface area contributed by atoms with Gasteiger partial charge in [0.05, 0.1) is 13.2 Å². The van der Waals surface area contributed by atoms with Crippen LogP contribution in [0.5, 0.6) is 0 Å². The molecular formula is C11H18N4O2. The third kappa shape index (κ3) is 3.28. The van der Waals surface area contributed by atoms with Gasteiger partial charge < -0.3 is 20.4 Å². The van der Waals surface area contributed by atoms with Gasteiger partial charge >= 0.3 is 0 Å². The highest BCUT2D eigenvalue weighted by Crippen LogP contribution is 2.33. The van der Waals surface area contributed by atoms with Gasteiger partial charge in [0.25, 0.3) is 5.56 Å². The average molecular weight is 238 g/mol. The Balaban J connectivity index is 1.87. The quantitative estimate of drug-likeness (QED) is 0.652. The molecule has 0 aliphatic heterocycles. The molecule has 17 heavy (non-hydrogen) atoms. The van der Waals surface area contributed by atoms with Crippen LogP contribution in [0.25, 0.3) is 0 Å². The fourth-order valence-electron chi connectivity index (χ4n) is 1.61. The Kier molecular flexibility index (Phi) is 4.11. The van der Waals surface area contributed by atoms with Gasteiger partial charge in [0.1, 0.15) is 0 Å². The van der Waals surface area contributed by atoms with E-state index in [9.17, 15) is 4.79 Å². The lowest BCUT2D eigenvalue weighted by Gasteiger charge is -2.08. The second-order valence-electron chi connectivity index (χ2n) is 4.05. The van der Waals surface area contributed by atoms with E-state index in [1.807, 2.05) is 0 Å². The topological polar surface area (TPSA) is 82.2 Å². The maximum absolute atomic E-state index is 11.9. The van der Waals surface area contributed by atoms with Gasteiger partial charge in [-0.1, -0.05) is 0 Å². The summed E-state index contributed by atoms with van der Waals surface area (Å²) in [6.07, 6.45) is 5.57. The molecule has 0 atom stereocenters. The minimum absolute atomic E-state index is 0.0474. The Labute approximate surface area is 99.8 Å².